The first-order valence-corrected chi connectivity index (χ1v) is 13.6. The van der Waals surface area contributed by atoms with Crippen LogP contribution >= 0.6 is 0 Å². The fraction of sp³-hybridized carbons (Fsp3) is 0.500. The van der Waals surface area contributed by atoms with Crippen molar-refractivity contribution in [2.75, 3.05) is 42.9 Å². The minimum atomic E-state index is -0.778. The summed E-state index contributed by atoms with van der Waals surface area (Å²) >= 11 is 0. The third-order valence-corrected chi connectivity index (χ3v) is 8.52. The normalized spacial score (nSPS) is 19.1. The van der Waals surface area contributed by atoms with Gasteiger partial charge < -0.3 is 15.3 Å². The molecule has 3 aliphatic rings. The summed E-state index contributed by atoms with van der Waals surface area (Å²) < 4.78 is 1.71. The summed E-state index contributed by atoms with van der Waals surface area (Å²) in [7, 11) is 0. The second kappa shape index (κ2) is 9.71. The Kier molecular flexibility index (Phi) is 6.33. The Bertz CT molecular complexity index is 1510. The van der Waals surface area contributed by atoms with Gasteiger partial charge in [-0.05, 0) is 50.8 Å². The Morgan fingerprint density at radius 1 is 1.13 bits per heavy atom. The zero-order valence-electron chi connectivity index (χ0n) is 22.3. The molecule has 11 heteroatoms. The van der Waals surface area contributed by atoms with Crippen molar-refractivity contribution in [2.24, 2.45) is 5.41 Å². The van der Waals surface area contributed by atoms with Crippen LogP contribution in [0.1, 0.15) is 61.0 Å². The molecule has 3 aromatic heterocycles. The van der Waals surface area contributed by atoms with E-state index in [0.717, 1.165) is 64.0 Å². The van der Waals surface area contributed by atoms with E-state index >= 15 is 0 Å². The summed E-state index contributed by atoms with van der Waals surface area (Å²) in [6.45, 7) is 6.78. The quantitative estimate of drug-likeness (QED) is 0.438. The maximum atomic E-state index is 13.4. The second-order valence-corrected chi connectivity index (χ2v) is 11.3. The number of carbonyl (C=O) groups is 2. The number of nitrogens with zero attached hydrogens (tertiary/aromatic N) is 6. The molecule has 204 valence electrons. The third kappa shape index (κ3) is 4.64. The van der Waals surface area contributed by atoms with Crippen LogP contribution in [0.2, 0.25) is 0 Å². The number of fused-ring (bicyclic) bond motifs is 1. The molecule has 0 bridgehead atoms. The van der Waals surface area contributed by atoms with Gasteiger partial charge in [0.25, 0.3) is 5.56 Å². The number of hydrogen-bond donors (Lipinski definition) is 2. The highest BCUT2D eigenvalue weighted by atomic mass is 16.4. The molecule has 2 N–H and O–H groups in total. The Labute approximate surface area is 225 Å². The lowest BCUT2D eigenvalue weighted by molar-refractivity contribution is -0.141. The first-order chi connectivity index (χ1) is 18.7. The number of anilines is 3. The number of carbonyl (C=O) groups excluding carboxylic acids is 1. The second-order valence-electron chi connectivity index (χ2n) is 11.3. The molecule has 0 aromatic carbocycles. The van der Waals surface area contributed by atoms with Gasteiger partial charge in [-0.25, -0.2) is 9.97 Å². The summed E-state index contributed by atoms with van der Waals surface area (Å²) in [5.74, 6) is -0.0799. The number of carboxylic acid groups (broad SMARTS) is 1. The van der Waals surface area contributed by atoms with Gasteiger partial charge in [0.15, 0.2) is 5.78 Å². The van der Waals surface area contributed by atoms with Crippen molar-refractivity contribution >= 4 is 40.2 Å². The lowest BCUT2D eigenvalue weighted by Crippen LogP contribution is -2.58. The van der Waals surface area contributed by atoms with Crippen molar-refractivity contribution in [1.82, 2.24) is 24.4 Å². The zero-order valence-corrected chi connectivity index (χ0v) is 22.3. The van der Waals surface area contributed by atoms with Gasteiger partial charge in [0.2, 0.25) is 5.95 Å². The molecule has 5 heterocycles. The molecule has 11 nitrogen and oxygen atoms in total. The van der Waals surface area contributed by atoms with Crippen LogP contribution in [-0.4, -0.2) is 74.0 Å². The van der Waals surface area contributed by atoms with Gasteiger partial charge in [-0.3, -0.25) is 23.9 Å². The summed E-state index contributed by atoms with van der Waals surface area (Å²) in [5.41, 5.74) is 2.30. The van der Waals surface area contributed by atoms with Crippen molar-refractivity contribution in [3.05, 3.63) is 46.0 Å². The van der Waals surface area contributed by atoms with Crippen LogP contribution in [0.3, 0.4) is 0 Å². The molecule has 0 atom stereocenters. The molecule has 2 saturated heterocycles. The van der Waals surface area contributed by atoms with E-state index in [0.29, 0.717) is 28.4 Å². The average molecular weight is 532 g/mol. The fourth-order valence-corrected chi connectivity index (χ4v) is 6.69. The Balaban J connectivity index is 1.22. The monoisotopic (exact) mass is 531 g/mol. The third-order valence-electron chi connectivity index (χ3n) is 8.52. The van der Waals surface area contributed by atoms with Crippen LogP contribution in [0.15, 0.2) is 29.3 Å². The highest BCUT2D eigenvalue weighted by Gasteiger charge is 2.47. The van der Waals surface area contributed by atoms with Crippen molar-refractivity contribution in [3.8, 4) is 0 Å². The van der Waals surface area contributed by atoms with E-state index in [2.05, 4.69) is 20.2 Å². The zero-order chi connectivity index (χ0) is 27.3. The number of ketones is 1. The van der Waals surface area contributed by atoms with Crippen LogP contribution in [0.25, 0.3) is 11.0 Å². The van der Waals surface area contributed by atoms with Gasteiger partial charge >= 0.3 is 5.97 Å². The van der Waals surface area contributed by atoms with Crippen LogP contribution in [-0.2, 0) is 4.79 Å². The first kappa shape index (κ1) is 25.4. The molecule has 3 aromatic rings. The molecular weight excluding hydrogens is 498 g/mol. The predicted octanol–water partition coefficient (Wildman–Crippen LogP) is 3.15. The summed E-state index contributed by atoms with van der Waals surface area (Å²) in [5, 5.41) is 12.9. The van der Waals surface area contributed by atoms with E-state index in [1.807, 2.05) is 23.2 Å². The predicted molar refractivity (Wildman–Crippen MR) is 147 cm³/mol. The van der Waals surface area contributed by atoms with Crippen LogP contribution in [0.5, 0.6) is 0 Å². The number of aryl methyl sites for hydroxylation is 1. The fourth-order valence-electron chi connectivity index (χ4n) is 6.69. The lowest BCUT2D eigenvalue weighted by atomic mass is 9.79. The molecular formula is C28H33N7O4. The molecule has 0 unspecified atom stereocenters. The minimum absolute atomic E-state index is 0.0227. The summed E-state index contributed by atoms with van der Waals surface area (Å²) in [6, 6.07) is 3.93. The molecule has 1 saturated carbocycles. The van der Waals surface area contributed by atoms with Gasteiger partial charge in [0, 0.05) is 49.2 Å². The van der Waals surface area contributed by atoms with Crippen LogP contribution < -0.4 is 15.8 Å². The number of rotatable bonds is 7. The van der Waals surface area contributed by atoms with Crippen LogP contribution in [0.4, 0.5) is 17.5 Å². The number of hydrogen-bond acceptors (Lipinski definition) is 9. The summed E-state index contributed by atoms with van der Waals surface area (Å²) in [4.78, 5) is 54.8. The molecule has 2 aliphatic heterocycles. The molecule has 1 spiro atoms. The molecule has 39 heavy (non-hydrogen) atoms. The van der Waals surface area contributed by atoms with Crippen molar-refractivity contribution in [2.45, 2.75) is 52.0 Å². The minimum Gasteiger partial charge on any atom is -0.480 e. The van der Waals surface area contributed by atoms with Gasteiger partial charge in [-0.2, -0.15) is 4.98 Å². The molecule has 1 aliphatic carbocycles. The Hall–Kier alpha value is -3.86. The number of likely N-dealkylation sites (tertiary alicyclic amines) is 1. The molecule has 3 fully saturated rings. The van der Waals surface area contributed by atoms with E-state index in [-0.39, 0.29) is 34.9 Å². The maximum Gasteiger partial charge on any atom is 0.317 e. The number of aromatic nitrogens is 4. The molecule has 0 radical (unpaired) electrons. The lowest BCUT2D eigenvalue weighted by Gasteiger charge is -2.47. The molecule has 6 rings (SSSR count). The number of carboxylic acids is 1. The highest BCUT2D eigenvalue weighted by molar-refractivity contribution is 5.99. The maximum absolute atomic E-state index is 13.4. The Morgan fingerprint density at radius 3 is 2.56 bits per heavy atom. The number of aliphatic carboxylic acids is 1. The molecule has 0 amide bonds. The smallest absolute Gasteiger partial charge is 0.317 e. The van der Waals surface area contributed by atoms with E-state index in [4.69, 9.17) is 10.1 Å². The topological polar surface area (TPSA) is 134 Å². The average Bonchev–Trinajstić information content (AvgIpc) is 3.55. The van der Waals surface area contributed by atoms with E-state index < -0.39 is 5.97 Å². The summed E-state index contributed by atoms with van der Waals surface area (Å²) in [6.07, 6.45) is 8.43. The highest BCUT2D eigenvalue weighted by Crippen LogP contribution is 2.41. The standard InChI is InChI=1S/C28H33N7O4/c1-17-21-12-30-27(32-25(21)35(19-5-3-4-6-19)26(39)24(17)18(2)36)31-22-8-7-20(11-29-22)34-10-9-28(16-34)14-33(15-28)13-23(37)38/h7-8,11-12,19H,3-6,9-10,13-16H2,1-2H3,(H,37,38)(H,29,30,31,32). The number of Topliss-reactive ketones (excluding diaryl/α,β-unsaturated/α-hetero) is 1. The van der Waals surface area contributed by atoms with E-state index in [1.165, 1.54) is 6.92 Å². The van der Waals surface area contributed by atoms with Crippen molar-refractivity contribution in [1.29, 1.82) is 0 Å². The Morgan fingerprint density at radius 2 is 1.90 bits per heavy atom. The number of nitrogens with one attached hydrogen (secondary N) is 1. The first-order valence-electron chi connectivity index (χ1n) is 13.6. The number of pyridine rings is 2. The van der Waals surface area contributed by atoms with Gasteiger partial charge in [0.1, 0.15) is 11.5 Å². The van der Waals surface area contributed by atoms with Gasteiger partial charge in [-0.15, -0.1) is 0 Å². The van der Waals surface area contributed by atoms with Crippen LogP contribution in [0, 0.1) is 12.3 Å². The SMILES string of the molecule is CC(=O)c1c(C)c2cnc(Nc3ccc(N4CCC5(CN(CC(=O)O)C5)C4)cn3)nc2n(C2CCCC2)c1=O. The van der Waals surface area contributed by atoms with Crippen molar-refractivity contribution in [3.63, 3.8) is 0 Å². The van der Waals surface area contributed by atoms with Gasteiger partial charge in [-0.1, -0.05) is 12.8 Å². The largest absolute Gasteiger partial charge is 0.480 e. The van der Waals surface area contributed by atoms with Crippen molar-refractivity contribution < 1.29 is 14.7 Å². The van der Waals surface area contributed by atoms with E-state index in [1.54, 1.807) is 17.7 Å². The van der Waals surface area contributed by atoms with Gasteiger partial charge in [0.05, 0.1) is 24.0 Å². The van der Waals surface area contributed by atoms with E-state index in [9.17, 15) is 14.4 Å².